The summed E-state index contributed by atoms with van der Waals surface area (Å²) in [5.41, 5.74) is 0.546. The highest BCUT2D eigenvalue weighted by molar-refractivity contribution is 5.74. The van der Waals surface area contributed by atoms with Gasteiger partial charge < -0.3 is 5.11 Å². The van der Waals surface area contributed by atoms with E-state index in [1.165, 1.54) is 0 Å². The minimum absolute atomic E-state index is 0.373. The number of hydrogen-bond donors (Lipinski definition) is 1. The van der Waals surface area contributed by atoms with Gasteiger partial charge in [-0.2, -0.15) is 0 Å². The Kier molecular flexibility index (Phi) is 1.33. The quantitative estimate of drug-likeness (QED) is 0.329. The summed E-state index contributed by atoms with van der Waals surface area (Å²) in [5.74, 6) is 0.373. The van der Waals surface area contributed by atoms with Crippen LogP contribution in [0.15, 0.2) is 11.8 Å². The molecule has 8 heavy (non-hydrogen) atoms. The van der Waals surface area contributed by atoms with E-state index >= 15 is 0 Å². The maximum atomic E-state index is 9.99. The van der Waals surface area contributed by atoms with Crippen LogP contribution >= 0.6 is 0 Å². The fourth-order valence-electron chi connectivity index (χ4n) is 0.649. The molecule has 0 aromatic rings. The first-order chi connectivity index (χ1) is 3.88. The van der Waals surface area contributed by atoms with Crippen LogP contribution in [0.25, 0.3) is 0 Å². The van der Waals surface area contributed by atoms with E-state index in [1.807, 2.05) is 0 Å². The standard InChI is InChI=1S/C6H8O2/c7-3-6(4-8)5-1-2-5/h3-5,7H,1-2H2/b6-3+. The molecule has 0 saturated heterocycles. The number of aliphatic hydroxyl groups excluding tert-OH is 1. The fraction of sp³-hybridized carbons (Fsp3) is 0.500. The Balaban J connectivity index is 2.49. The van der Waals surface area contributed by atoms with Crippen LogP contribution in [0.5, 0.6) is 0 Å². The number of hydrogen-bond acceptors (Lipinski definition) is 2. The summed E-state index contributed by atoms with van der Waals surface area (Å²) in [6.07, 6.45) is 3.75. The van der Waals surface area contributed by atoms with Gasteiger partial charge in [0.25, 0.3) is 0 Å². The molecule has 0 amide bonds. The first-order valence-electron chi connectivity index (χ1n) is 2.68. The van der Waals surface area contributed by atoms with Crippen LogP contribution in [-0.2, 0) is 4.79 Å². The van der Waals surface area contributed by atoms with Crippen LogP contribution in [0, 0.1) is 5.92 Å². The molecule has 0 aromatic carbocycles. The fourth-order valence-corrected chi connectivity index (χ4v) is 0.649. The summed E-state index contributed by atoms with van der Waals surface area (Å²) in [4.78, 5) is 9.99. The highest BCUT2D eigenvalue weighted by Crippen LogP contribution is 2.34. The van der Waals surface area contributed by atoms with Gasteiger partial charge in [-0.3, -0.25) is 4.79 Å². The number of aldehydes is 1. The van der Waals surface area contributed by atoms with Gasteiger partial charge in [-0.15, -0.1) is 0 Å². The summed E-state index contributed by atoms with van der Waals surface area (Å²) < 4.78 is 0. The van der Waals surface area contributed by atoms with Gasteiger partial charge in [0.1, 0.15) is 6.29 Å². The molecule has 0 aromatic heterocycles. The molecule has 0 aliphatic heterocycles. The molecule has 1 aliphatic carbocycles. The summed E-state index contributed by atoms with van der Waals surface area (Å²) >= 11 is 0. The van der Waals surface area contributed by atoms with Gasteiger partial charge in [0, 0.05) is 5.57 Å². The smallest absolute Gasteiger partial charge is 0.149 e. The molecule has 1 saturated carbocycles. The predicted molar refractivity (Wildman–Crippen MR) is 29.5 cm³/mol. The van der Waals surface area contributed by atoms with Crippen molar-refractivity contribution in [3.05, 3.63) is 11.8 Å². The molecule has 2 heteroatoms. The minimum Gasteiger partial charge on any atom is -0.515 e. The zero-order valence-electron chi connectivity index (χ0n) is 4.50. The van der Waals surface area contributed by atoms with E-state index in [4.69, 9.17) is 5.11 Å². The summed E-state index contributed by atoms with van der Waals surface area (Å²) in [6.45, 7) is 0. The van der Waals surface area contributed by atoms with Crippen molar-refractivity contribution in [3.63, 3.8) is 0 Å². The third-order valence-corrected chi connectivity index (χ3v) is 1.33. The molecule has 2 nitrogen and oxygen atoms in total. The van der Waals surface area contributed by atoms with E-state index in [2.05, 4.69) is 0 Å². The van der Waals surface area contributed by atoms with Gasteiger partial charge in [0.2, 0.25) is 0 Å². The molecule has 0 bridgehead atoms. The van der Waals surface area contributed by atoms with Gasteiger partial charge in [-0.1, -0.05) is 0 Å². The SMILES string of the molecule is O=C/C(=C\O)C1CC1. The predicted octanol–water partition coefficient (Wildman–Crippen LogP) is 1.04. The molecular weight excluding hydrogens is 104 g/mol. The van der Waals surface area contributed by atoms with Crippen LogP contribution in [-0.4, -0.2) is 11.4 Å². The van der Waals surface area contributed by atoms with Crippen molar-refractivity contribution in [1.82, 2.24) is 0 Å². The zero-order chi connectivity index (χ0) is 5.98. The largest absolute Gasteiger partial charge is 0.515 e. The van der Waals surface area contributed by atoms with Crippen molar-refractivity contribution in [3.8, 4) is 0 Å². The van der Waals surface area contributed by atoms with E-state index in [0.717, 1.165) is 25.4 Å². The Bertz CT molecular complexity index is 122. The number of rotatable bonds is 2. The van der Waals surface area contributed by atoms with Crippen LogP contribution in [0.4, 0.5) is 0 Å². The van der Waals surface area contributed by atoms with E-state index in [0.29, 0.717) is 11.5 Å². The second-order valence-electron chi connectivity index (χ2n) is 2.02. The molecule has 44 valence electrons. The molecular formula is C6H8O2. The summed E-state index contributed by atoms with van der Waals surface area (Å²) in [5, 5.41) is 8.34. The normalized spacial score (nSPS) is 20.8. The lowest BCUT2D eigenvalue weighted by atomic mass is 10.2. The molecule has 0 atom stereocenters. The van der Waals surface area contributed by atoms with Crippen molar-refractivity contribution in [2.75, 3.05) is 0 Å². The van der Waals surface area contributed by atoms with Crippen molar-refractivity contribution < 1.29 is 9.90 Å². The highest BCUT2D eigenvalue weighted by Gasteiger charge is 2.25. The lowest BCUT2D eigenvalue weighted by Crippen LogP contribution is -1.85. The molecule has 1 N–H and O–H groups in total. The molecule has 0 spiro atoms. The van der Waals surface area contributed by atoms with Crippen LogP contribution in [0.3, 0.4) is 0 Å². The first kappa shape index (κ1) is 5.35. The molecule has 0 heterocycles. The van der Waals surface area contributed by atoms with E-state index < -0.39 is 0 Å². The monoisotopic (exact) mass is 112 g/mol. The maximum absolute atomic E-state index is 9.99. The average molecular weight is 112 g/mol. The number of aliphatic hydroxyl groups is 1. The number of carbonyl (C=O) groups is 1. The third kappa shape index (κ3) is 0.886. The van der Waals surface area contributed by atoms with E-state index in [-0.39, 0.29) is 0 Å². The molecule has 1 aliphatic rings. The summed E-state index contributed by atoms with van der Waals surface area (Å²) in [6, 6.07) is 0. The Labute approximate surface area is 47.8 Å². The molecule has 0 unspecified atom stereocenters. The van der Waals surface area contributed by atoms with Crippen LogP contribution in [0.2, 0.25) is 0 Å². The van der Waals surface area contributed by atoms with Crippen molar-refractivity contribution >= 4 is 6.29 Å². The second-order valence-corrected chi connectivity index (χ2v) is 2.02. The molecule has 1 fully saturated rings. The van der Waals surface area contributed by atoms with E-state index in [9.17, 15) is 4.79 Å². The van der Waals surface area contributed by atoms with Gasteiger partial charge in [0.05, 0.1) is 6.26 Å². The maximum Gasteiger partial charge on any atom is 0.149 e. The van der Waals surface area contributed by atoms with Gasteiger partial charge in [-0.05, 0) is 18.8 Å². The third-order valence-electron chi connectivity index (χ3n) is 1.33. The van der Waals surface area contributed by atoms with Crippen molar-refractivity contribution in [2.45, 2.75) is 12.8 Å². The zero-order valence-corrected chi connectivity index (χ0v) is 4.50. The second kappa shape index (κ2) is 1.99. The lowest BCUT2D eigenvalue weighted by Gasteiger charge is -1.86. The Morgan fingerprint density at radius 2 is 2.25 bits per heavy atom. The molecule has 1 rings (SSSR count). The number of allylic oxidation sites excluding steroid dienone is 1. The Hall–Kier alpha value is -0.790. The Morgan fingerprint density at radius 1 is 1.62 bits per heavy atom. The topological polar surface area (TPSA) is 37.3 Å². The van der Waals surface area contributed by atoms with Gasteiger partial charge >= 0.3 is 0 Å². The Morgan fingerprint density at radius 3 is 2.38 bits per heavy atom. The minimum atomic E-state index is 0.373. The molecule has 0 radical (unpaired) electrons. The van der Waals surface area contributed by atoms with E-state index in [1.54, 1.807) is 0 Å². The first-order valence-corrected chi connectivity index (χ1v) is 2.68. The van der Waals surface area contributed by atoms with Crippen molar-refractivity contribution in [1.29, 1.82) is 0 Å². The van der Waals surface area contributed by atoms with Crippen molar-refractivity contribution in [2.24, 2.45) is 5.92 Å². The van der Waals surface area contributed by atoms with Gasteiger partial charge in [0.15, 0.2) is 0 Å². The summed E-state index contributed by atoms with van der Waals surface area (Å²) in [7, 11) is 0. The average Bonchev–Trinajstić information content (AvgIpc) is 2.53. The van der Waals surface area contributed by atoms with Crippen LogP contribution < -0.4 is 0 Å². The number of carbonyl (C=O) groups excluding carboxylic acids is 1. The highest BCUT2D eigenvalue weighted by atomic mass is 16.2. The van der Waals surface area contributed by atoms with Gasteiger partial charge in [-0.25, -0.2) is 0 Å². The lowest BCUT2D eigenvalue weighted by molar-refractivity contribution is -0.105. The van der Waals surface area contributed by atoms with Crippen LogP contribution in [0.1, 0.15) is 12.8 Å².